The van der Waals surface area contributed by atoms with Gasteiger partial charge in [0.25, 0.3) is 0 Å². The van der Waals surface area contributed by atoms with Crippen LogP contribution in [-0.4, -0.2) is 35.1 Å². The minimum Gasteiger partial charge on any atom is -0.382 e. The standard InChI is InChI=1S/C28H34N4/c1-20-9-10-22-17-24(30-23-13-15-31(16-14-23)25-6-4-7-25)11-12-28(22)32(20)26-18-21-5-2-3-8-27(21)29-19-26/h3,8,11-12,17-19,23,25,30H,1-2,4-7,9-10,13-16H2. The molecule has 2 aliphatic carbocycles. The summed E-state index contributed by atoms with van der Waals surface area (Å²) in [5.74, 6) is 0. The number of benzene rings is 1. The maximum atomic E-state index is 4.74. The number of rotatable bonds is 4. The molecule has 0 bridgehead atoms. The fourth-order valence-electron chi connectivity index (χ4n) is 5.79. The number of likely N-dealkylation sites (tertiary alicyclic amines) is 1. The van der Waals surface area contributed by atoms with Crippen LogP contribution in [0.25, 0.3) is 6.08 Å². The molecule has 1 saturated heterocycles. The lowest BCUT2D eigenvalue weighted by Crippen LogP contribution is -2.47. The van der Waals surface area contributed by atoms with Gasteiger partial charge in [0.2, 0.25) is 0 Å². The number of allylic oxidation sites excluding steroid dienone is 2. The molecule has 166 valence electrons. The van der Waals surface area contributed by atoms with Gasteiger partial charge in [0.15, 0.2) is 0 Å². The molecule has 0 atom stereocenters. The first-order valence-corrected chi connectivity index (χ1v) is 12.5. The second-order valence-corrected chi connectivity index (χ2v) is 9.96. The topological polar surface area (TPSA) is 31.4 Å². The van der Waals surface area contributed by atoms with E-state index in [9.17, 15) is 0 Å². The number of pyridine rings is 1. The van der Waals surface area contributed by atoms with Crippen LogP contribution in [0.4, 0.5) is 17.1 Å². The molecule has 3 heterocycles. The third kappa shape index (κ3) is 3.75. The molecule has 6 rings (SSSR count). The van der Waals surface area contributed by atoms with Crippen molar-refractivity contribution in [2.24, 2.45) is 0 Å². The van der Waals surface area contributed by atoms with Crippen molar-refractivity contribution in [3.05, 3.63) is 65.6 Å². The van der Waals surface area contributed by atoms with Crippen LogP contribution in [-0.2, 0) is 12.8 Å². The highest BCUT2D eigenvalue weighted by atomic mass is 15.2. The summed E-state index contributed by atoms with van der Waals surface area (Å²) < 4.78 is 0. The van der Waals surface area contributed by atoms with Gasteiger partial charge < -0.3 is 15.1 Å². The van der Waals surface area contributed by atoms with Crippen LogP contribution in [0.1, 0.15) is 61.8 Å². The second kappa shape index (κ2) is 8.40. The molecule has 2 aromatic rings. The predicted molar refractivity (Wildman–Crippen MR) is 133 cm³/mol. The number of nitrogens with one attached hydrogen (secondary N) is 1. The van der Waals surface area contributed by atoms with Crippen LogP contribution in [0, 0.1) is 0 Å². The smallest absolute Gasteiger partial charge is 0.0660 e. The number of aromatic nitrogens is 1. The van der Waals surface area contributed by atoms with Gasteiger partial charge in [0.05, 0.1) is 17.6 Å². The molecule has 32 heavy (non-hydrogen) atoms. The number of hydrogen-bond acceptors (Lipinski definition) is 4. The van der Waals surface area contributed by atoms with Crippen molar-refractivity contribution in [2.45, 2.75) is 69.9 Å². The van der Waals surface area contributed by atoms with E-state index in [1.807, 2.05) is 6.20 Å². The molecule has 4 heteroatoms. The summed E-state index contributed by atoms with van der Waals surface area (Å²) >= 11 is 0. The van der Waals surface area contributed by atoms with Crippen LogP contribution in [0.2, 0.25) is 0 Å². The number of aryl methyl sites for hydroxylation is 2. The minimum absolute atomic E-state index is 0.594. The molecule has 0 unspecified atom stereocenters. The van der Waals surface area contributed by atoms with E-state index in [4.69, 9.17) is 4.98 Å². The van der Waals surface area contributed by atoms with Crippen molar-refractivity contribution in [1.29, 1.82) is 0 Å². The average Bonchev–Trinajstić information content (AvgIpc) is 2.79. The van der Waals surface area contributed by atoms with Crippen LogP contribution >= 0.6 is 0 Å². The van der Waals surface area contributed by atoms with E-state index < -0.39 is 0 Å². The Labute approximate surface area is 192 Å². The van der Waals surface area contributed by atoms with Crippen LogP contribution in [0.3, 0.4) is 0 Å². The highest BCUT2D eigenvalue weighted by molar-refractivity contribution is 5.75. The monoisotopic (exact) mass is 426 g/mol. The fourth-order valence-corrected chi connectivity index (χ4v) is 5.79. The van der Waals surface area contributed by atoms with Gasteiger partial charge in [-0.05, 0) is 92.8 Å². The van der Waals surface area contributed by atoms with Gasteiger partial charge in [0, 0.05) is 42.2 Å². The van der Waals surface area contributed by atoms with Crippen LogP contribution < -0.4 is 10.2 Å². The molecular weight excluding hydrogens is 392 g/mol. The van der Waals surface area contributed by atoms with E-state index in [2.05, 4.69) is 58.1 Å². The summed E-state index contributed by atoms with van der Waals surface area (Å²) in [4.78, 5) is 9.79. The van der Waals surface area contributed by atoms with Crippen molar-refractivity contribution in [1.82, 2.24) is 9.88 Å². The van der Waals surface area contributed by atoms with E-state index in [-0.39, 0.29) is 0 Å². The summed E-state index contributed by atoms with van der Waals surface area (Å²) in [5, 5.41) is 3.85. The second-order valence-electron chi connectivity index (χ2n) is 9.96. The Hall–Kier alpha value is -2.59. The van der Waals surface area contributed by atoms with Crippen molar-refractivity contribution in [3.63, 3.8) is 0 Å². The summed E-state index contributed by atoms with van der Waals surface area (Å²) in [6.07, 6.45) is 17.4. The van der Waals surface area contributed by atoms with Gasteiger partial charge in [-0.1, -0.05) is 19.1 Å². The van der Waals surface area contributed by atoms with Gasteiger partial charge in [0.1, 0.15) is 0 Å². The normalized spacial score (nSPS) is 21.8. The zero-order valence-electron chi connectivity index (χ0n) is 19.0. The van der Waals surface area contributed by atoms with Crippen molar-refractivity contribution >= 4 is 23.1 Å². The predicted octanol–water partition coefficient (Wildman–Crippen LogP) is 6.07. The molecule has 1 N–H and O–H groups in total. The molecule has 4 aliphatic rings. The first-order chi connectivity index (χ1) is 15.7. The number of fused-ring (bicyclic) bond motifs is 2. The number of hydrogen-bond donors (Lipinski definition) is 1. The maximum absolute atomic E-state index is 4.74. The number of piperidine rings is 1. The minimum atomic E-state index is 0.594. The van der Waals surface area contributed by atoms with Gasteiger partial charge >= 0.3 is 0 Å². The van der Waals surface area contributed by atoms with E-state index >= 15 is 0 Å². The van der Waals surface area contributed by atoms with E-state index in [1.165, 1.54) is 67.7 Å². The Bertz CT molecular complexity index is 1040. The fraction of sp³-hybridized carbons (Fsp3) is 0.464. The third-order valence-corrected chi connectivity index (χ3v) is 7.91. The highest BCUT2D eigenvalue weighted by Gasteiger charge is 2.29. The summed E-state index contributed by atoms with van der Waals surface area (Å²) in [5.41, 5.74) is 8.71. The van der Waals surface area contributed by atoms with Crippen LogP contribution in [0.5, 0.6) is 0 Å². The number of anilines is 3. The summed E-state index contributed by atoms with van der Waals surface area (Å²) in [6.45, 7) is 6.90. The van der Waals surface area contributed by atoms with Gasteiger partial charge in [-0.15, -0.1) is 0 Å². The quantitative estimate of drug-likeness (QED) is 0.643. The average molecular weight is 427 g/mol. The van der Waals surface area contributed by atoms with Crippen LogP contribution in [0.15, 0.2) is 48.8 Å². The van der Waals surface area contributed by atoms with Gasteiger partial charge in [-0.3, -0.25) is 4.98 Å². The maximum Gasteiger partial charge on any atom is 0.0660 e. The Morgan fingerprint density at radius 2 is 1.84 bits per heavy atom. The molecule has 1 aromatic carbocycles. The Morgan fingerprint density at radius 1 is 0.969 bits per heavy atom. The molecule has 4 nitrogen and oxygen atoms in total. The lowest BCUT2D eigenvalue weighted by Gasteiger charge is -2.42. The van der Waals surface area contributed by atoms with E-state index in [0.29, 0.717) is 6.04 Å². The largest absolute Gasteiger partial charge is 0.382 e. The first kappa shape index (κ1) is 20.0. The SMILES string of the molecule is C=C1CCc2cc(NC3CCN(C4CCC4)CC3)ccc2N1c1cnc2c(c1)CCC=C2. The molecular formula is C28H34N4. The lowest BCUT2D eigenvalue weighted by atomic mass is 9.89. The molecule has 0 radical (unpaired) electrons. The molecule has 2 fully saturated rings. The lowest BCUT2D eigenvalue weighted by molar-refractivity contribution is 0.101. The van der Waals surface area contributed by atoms with Gasteiger partial charge in [-0.2, -0.15) is 0 Å². The van der Waals surface area contributed by atoms with E-state index in [1.54, 1.807) is 0 Å². The Morgan fingerprint density at radius 3 is 2.66 bits per heavy atom. The molecule has 0 amide bonds. The third-order valence-electron chi connectivity index (χ3n) is 7.91. The zero-order chi connectivity index (χ0) is 21.5. The first-order valence-electron chi connectivity index (χ1n) is 12.5. The number of nitrogens with zero attached hydrogens (tertiary/aromatic N) is 3. The molecule has 0 spiro atoms. The highest BCUT2D eigenvalue weighted by Crippen LogP contribution is 2.40. The summed E-state index contributed by atoms with van der Waals surface area (Å²) in [7, 11) is 0. The van der Waals surface area contributed by atoms with Crippen molar-refractivity contribution < 1.29 is 0 Å². The van der Waals surface area contributed by atoms with Crippen molar-refractivity contribution in [2.75, 3.05) is 23.3 Å². The van der Waals surface area contributed by atoms with Crippen molar-refractivity contribution in [3.8, 4) is 0 Å². The molecule has 1 aromatic heterocycles. The zero-order valence-corrected chi connectivity index (χ0v) is 19.0. The Kier molecular flexibility index (Phi) is 5.26. The van der Waals surface area contributed by atoms with Gasteiger partial charge in [-0.25, -0.2) is 0 Å². The molecule has 2 aliphatic heterocycles. The van der Waals surface area contributed by atoms with E-state index in [0.717, 1.165) is 48.8 Å². The Balaban J connectivity index is 1.19. The molecule has 1 saturated carbocycles. The summed E-state index contributed by atoms with van der Waals surface area (Å²) in [6, 6.07) is 10.7.